The second-order valence-electron chi connectivity index (χ2n) is 5.79. The molecule has 9 heteroatoms. The summed E-state index contributed by atoms with van der Waals surface area (Å²) in [6.45, 7) is 1.94. The fourth-order valence-corrected chi connectivity index (χ4v) is 3.02. The first kappa shape index (κ1) is 18.8. The number of thiazole rings is 1. The first-order valence-corrected chi connectivity index (χ1v) is 8.79. The standard InChI is InChI=1S/C18H15F3N4OS/c1-11-5-6-22-15(7-11)25-17-24-14(10-27-17)9-16(26)23-13-4-2-3-12(8-13)18(19,20)21/h2-8,10H,9H2,1H3,(H,23,26)(H,22,24,25). The Morgan fingerprint density at radius 3 is 2.78 bits per heavy atom. The SMILES string of the molecule is Cc1ccnc(Nc2nc(CC(=O)Nc3cccc(C(F)(F)F)c3)cs2)c1. The predicted molar refractivity (Wildman–Crippen MR) is 98.1 cm³/mol. The van der Waals surface area contributed by atoms with Crippen LogP contribution >= 0.6 is 11.3 Å². The van der Waals surface area contributed by atoms with E-state index in [4.69, 9.17) is 0 Å². The van der Waals surface area contributed by atoms with E-state index in [1.54, 1.807) is 11.6 Å². The number of nitrogens with one attached hydrogen (secondary N) is 2. The van der Waals surface area contributed by atoms with Crippen LogP contribution < -0.4 is 10.6 Å². The van der Waals surface area contributed by atoms with Crippen molar-refractivity contribution in [3.05, 3.63) is 64.8 Å². The molecule has 0 atom stereocenters. The van der Waals surface area contributed by atoms with Crippen LogP contribution in [-0.4, -0.2) is 15.9 Å². The van der Waals surface area contributed by atoms with Crippen molar-refractivity contribution in [1.82, 2.24) is 9.97 Å². The Bertz CT molecular complexity index is 956. The van der Waals surface area contributed by atoms with Crippen molar-refractivity contribution in [3.63, 3.8) is 0 Å². The first-order valence-electron chi connectivity index (χ1n) is 7.91. The van der Waals surface area contributed by atoms with Crippen LogP contribution in [0, 0.1) is 6.92 Å². The highest BCUT2D eigenvalue weighted by molar-refractivity contribution is 7.13. The van der Waals surface area contributed by atoms with E-state index < -0.39 is 17.6 Å². The molecule has 1 aromatic carbocycles. The molecule has 0 spiro atoms. The van der Waals surface area contributed by atoms with Crippen molar-refractivity contribution in [2.45, 2.75) is 19.5 Å². The quantitative estimate of drug-likeness (QED) is 0.655. The molecule has 0 saturated carbocycles. The smallest absolute Gasteiger partial charge is 0.326 e. The highest BCUT2D eigenvalue weighted by Crippen LogP contribution is 2.30. The number of carbonyl (C=O) groups excluding carboxylic acids is 1. The summed E-state index contributed by atoms with van der Waals surface area (Å²) in [5, 5.41) is 7.80. The average Bonchev–Trinajstić information content (AvgIpc) is 3.01. The van der Waals surface area contributed by atoms with Crippen LogP contribution in [0.4, 0.5) is 29.8 Å². The van der Waals surface area contributed by atoms with Gasteiger partial charge in [0.2, 0.25) is 5.91 Å². The van der Waals surface area contributed by atoms with E-state index in [2.05, 4.69) is 20.6 Å². The molecule has 2 heterocycles. The zero-order valence-corrected chi connectivity index (χ0v) is 15.0. The second-order valence-corrected chi connectivity index (χ2v) is 6.65. The van der Waals surface area contributed by atoms with Crippen molar-refractivity contribution in [1.29, 1.82) is 0 Å². The summed E-state index contributed by atoms with van der Waals surface area (Å²) in [5.41, 5.74) is 0.836. The fraction of sp³-hybridized carbons (Fsp3) is 0.167. The van der Waals surface area contributed by atoms with Crippen LogP contribution in [0.15, 0.2) is 48.0 Å². The number of alkyl halides is 3. The van der Waals surface area contributed by atoms with Gasteiger partial charge in [0.15, 0.2) is 5.13 Å². The lowest BCUT2D eigenvalue weighted by atomic mass is 10.2. The lowest BCUT2D eigenvalue weighted by Crippen LogP contribution is -2.15. The molecule has 0 aliphatic heterocycles. The predicted octanol–water partition coefficient (Wildman–Crippen LogP) is 4.79. The molecule has 0 fully saturated rings. The minimum Gasteiger partial charge on any atom is -0.326 e. The highest BCUT2D eigenvalue weighted by atomic mass is 32.1. The number of rotatable bonds is 5. The van der Waals surface area contributed by atoms with E-state index in [1.807, 2.05) is 19.1 Å². The van der Waals surface area contributed by atoms with Crippen molar-refractivity contribution in [3.8, 4) is 0 Å². The number of aryl methyl sites for hydroxylation is 1. The number of hydrogen-bond donors (Lipinski definition) is 2. The minimum atomic E-state index is -4.46. The van der Waals surface area contributed by atoms with Gasteiger partial charge in [-0.1, -0.05) is 6.07 Å². The van der Waals surface area contributed by atoms with Crippen LogP contribution in [0.25, 0.3) is 0 Å². The van der Waals surface area contributed by atoms with Crippen LogP contribution in [0.3, 0.4) is 0 Å². The number of aromatic nitrogens is 2. The van der Waals surface area contributed by atoms with Gasteiger partial charge in [-0.2, -0.15) is 13.2 Å². The van der Waals surface area contributed by atoms with Crippen molar-refractivity contribution in [2.75, 3.05) is 10.6 Å². The highest BCUT2D eigenvalue weighted by Gasteiger charge is 2.30. The summed E-state index contributed by atoms with van der Waals surface area (Å²) in [6, 6.07) is 8.24. The Morgan fingerprint density at radius 2 is 2.04 bits per heavy atom. The molecule has 27 heavy (non-hydrogen) atoms. The van der Waals surface area contributed by atoms with E-state index in [1.165, 1.54) is 23.5 Å². The van der Waals surface area contributed by atoms with E-state index in [0.717, 1.165) is 17.7 Å². The molecule has 0 radical (unpaired) electrons. The molecule has 2 aromatic heterocycles. The molecule has 5 nitrogen and oxygen atoms in total. The third-order valence-corrected chi connectivity index (χ3v) is 4.32. The van der Waals surface area contributed by atoms with Crippen LogP contribution in [0.5, 0.6) is 0 Å². The molecular weight excluding hydrogens is 377 g/mol. The molecule has 140 valence electrons. The Hall–Kier alpha value is -2.94. The van der Waals surface area contributed by atoms with Gasteiger partial charge in [0.05, 0.1) is 17.7 Å². The number of carbonyl (C=O) groups is 1. The Balaban J connectivity index is 1.61. The molecular formula is C18H15F3N4OS. The molecule has 0 aliphatic carbocycles. The summed E-state index contributed by atoms with van der Waals surface area (Å²) in [7, 11) is 0. The van der Waals surface area contributed by atoms with E-state index in [9.17, 15) is 18.0 Å². The summed E-state index contributed by atoms with van der Waals surface area (Å²) in [5.74, 6) is 0.198. The number of amides is 1. The maximum Gasteiger partial charge on any atom is 0.416 e. The van der Waals surface area contributed by atoms with E-state index >= 15 is 0 Å². The topological polar surface area (TPSA) is 66.9 Å². The van der Waals surface area contributed by atoms with Gasteiger partial charge in [-0.3, -0.25) is 4.79 Å². The zero-order chi connectivity index (χ0) is 19.4. The van der Waals surface area contributed by atoms with E-state index in [-0.39, 0.29) is 12.1 Å². The molecule has 0 aliphatic rings. The monoisotopic (exact) mass is 392 g/mol. The molecule has 3 aromatic rings. The Kier molecular flexibility index (Phi) is 5.41. The average molecular weight is 392 g/mol. The van der Waals surface area contributed by atoms with Crippen LogP contribution in [0.2, 0.25) is 0 Å². The molecule has 0 bridgehead atoms. The minimum absolute atomic E-state index is 0.0460. The molecule has 0 unspecified atom stereocenters. The number of halogens is 3. The number of anilines is 3. The number of benzene rings is 1. The van der Waals surface area contributed by atoms with Crippen LogP contribution in [0.1, 0.15) is 16.8 Å². The van der Waals surface area contributed by atoms with Crippen molar-refractivity contribution < 1.29 is 18.0 Å². The lowest BCUT2D eigenvalue weighted by molar-refractivity contribution is -0.137. The third kappa shape index (κ3) is 5.27. The number of nitrogens with zero attached hydrogens (tertiary/aromatic N) is 2. The lowest BCUT2D eigenvalue weighted by Gasteiger charge is -2.09. The molecule has 2 N–H and O–H groups in total. The van der Waals surface area contributed by atoms with Gasteiger partial charge >= 0.3 is 6.18 Å². The van der Waals surface area contributed by atoms with Gasteiger partial charge < -0.3 is 10.6 Å². The van der Waals surface area contributed by atoms with Gasteiger partial charge in [-0.05, 0) is 42.8 Å². The van der Waals surface area contributed by atoms with Gasteiger partial charge in [0.25, 0.3) is 0 Å². The Labute approximate surface area is 157 Å². The first-order chi connectivity index (χ1) is 12.8. The summed E-state index contributed by atoms with van der Waals surface area (Å²) < 4.78 is 38.2. The summed E-state index contributed by atoms with van der Waals surface area (Å²) in [6.07, 6.45) is -2.83. The van der Waals surface area contributed by atoms with E-state index in [0.29, 0.717) is 16.6 Å². The summed E-state index contributed by atoms with van der Waals surface area (Å²) >= 11 is 1.31. The maximum atomic E-state index is 12.7. The van der Waals surface area contributed by atoms with Crippen molar-refractivity contribution in [2.24, 2.45) is 0 Å². The number of hydrogen-bond acceptors (Lipinski definition) is 5. The third-order valence-electron chi connectivity index (χ3n) is 3.52. The number of pyridine rings is 1. The molecule has 1 amide bonds. The zero-order valence-electron chi connectivity index (χ0n) is 14.2. The maximum absolute atomic E-state index is 12.7. The normalized spacial score (nSPS) is 11.3. The van der Waals surface area contributed by atoms with Gasteiger partial charge in [0.1, 0.15) is 5.82 Å². The van der Waals surface area contributed by atoms with Gasteiger partial charge in [-0.15, -0.1) is 11.3 Å². The molecule has 0 saturated heterocycles. The van der Waals surface area contributed by atoms with Crippen molar-refractivity contribution >= 4 is 33.9 Å². The van der Waals surface area contributed by atoms with Crippen LogP contribution in [-0.2, 0) is 17.4 Å². The fourth-order valence-electron chi connectivity index (χ4n) is 2.30. The Morgan fingerprint density at radius 1 is 1.22 bits per heavy atom. The summed E-state index contributed by atoms with van der Waals surface area (Å²) in [4.78, 5) is 20.6. The molecule has 3 rings (SSSR count). The largest absolute Gasteiger partial charge is 0.416 e. The van der Waals surface area contributed by atoms with Gasteiger partial charge in [-0.25, -0.2) is 9.97 Å². The van der Waals surface area contributed by atoms with Gasteiger partial charge in [0, 0.05) is 17.3 Å². The second kappa shape index (κ2) is 7.75.